The summed E-state index contributed by atoms with van der Waals surface area (Å²) in [5.74, 6) is -1.30. The number of nitrogens with one attached hydrogen (secondary N) is 1. The van der Waals surface area contributed by atoms with Crippen molar-refractivity contribution in [2.24, 2.45) is 0 Å². The van der Waals surface area contributed by atoms with E-state index >= 15 is 0 Å². The lowest BCUT2D eigenvalue weighted by atomic mass is 10.1. The van der Waals surface area contributed by atoms with E-state index in [0.717, 1.165) is 36.0 Å². The maximum Gasteiger partial charge on any atom is 0.416 e. The normalized spacial score (nSPS) is 19.0. The Morgan fingerprint density at radius 1 is 0.941 bits per heavy atom. The fourth-order valence-corrected chi connectivity index (χ4v) is 5.54. The molecule has 2 fully saturated rings. The first kappa shape index (κ1) is 22.8. The van der Waals surface area contributed by atoms with E-state index in [1.54, 1.807) is 17.0 Å². The smallest absolute Gasteiger partial charge is 0.337 e. The van der Waals surface area contributed by atoms with E-state index in [4.69, 9.17) is 0 Å². The fourth-order valence-electron chi connectivity index (χ4n) is 4.45. The molecule has 0 bridgehead atoms. The van der Waals surface area contributed by atoms with Crippen LogP contribution < -0.4 is 5.32 Å². The molecule has 1 aromatic heterocycles. The van der Waals surface area contributed by atoms with Crippen LogP contribution in [0.3, 0.4) is 0 Å². The number of carbonyl (C=O) groups is 2. The molecule has 0 spiro atoms. The molecular weight excluding hydrogens is 470 g/mol. The summed E-state index contributed by atoms with van der Waals surface area (Å²) in [6.07, 6.45) is -3.73. The molecule has 2 aliphatic heterocycles. The highest BCUT2D eigenvalue weighted by molar-refractivity contribution is 7.20. The fraction of sp³-hybridized carbons (Fsp3) is 0.333. The zero-order chi connectivity index (χ0) is 24.0. The maximum absolute atomic E-state index is 14.7. The van der Waals surface area contributed by atoms with Gasteiger partial charge in [-0.25, -0.2) is 4.39 Å². The molecule has 0 aliphatic carbocycles. The molecule has 1 atom stereocenters. The minimum absolute atomic E-state index is 0.00997. The molecule has 2 aliphatic rings. The number of carbonyl (C=O) groups excluding carboxylic acids is 2. The van der Waals surface area contributed by atoms with E-state index in [9.17, 15) is 27.2 Å². The third-order valence-electron chi connectivity index (χ3n) is 6.29. The van der Waals surface area contributed by atoms with Gasteiger partial charge >= 0.3 is 6.18 Å². The Labute approximate surface area is 197 Å². The molecular formula is C24H21F4N3O2S. The van der Waals surface area contributed by atoms with E-state index in [-0.39, 0.29) is 33.0 Å². The molecule has 34 heavy (non-hydrogen) atoms. The van der Waals surface area contributed by atoms with E-state index < -0.39 is 23.5 Å². The molecule has 1 N–H and O–H groups in total. The number of likely N-dealkylation sites (tertiary alicyclic amines) is 2. The van der Waals surface area contributed by atoms with Crippen molar-refractivity contribution in [1.82, 2.24) is 15.1 Å². The molecule has 0 radical (unpaired) electrons. The third kappa shape index (κ3) is 4.27. The van der Waals surface area contributed by atoms with Crippen molar-refractivity contribution in [2.75, 3.05) is 26.2 Å². The van der Waals surface area contributed by atoms with Crippen LogP contribution in [-0.2, 0) is 6.18 Å². The Morgan fingerprint density at radius 3 is 2.35 bits per heavy atom. The molecule has 2 saturated heterocycles. The van der Waals surface area contributed by atoms with E-state index in [2.05, 4.69) is 5.32 Å². The van der Waals surface area contributed by atoms with Gasteiger partial charge in [0.25, 0.3) is 11.8 Å². The van der Waals surface area contributed by atoms with Crippen LogP contribution in [0, 0.1) is 5.82 Å². The number of nitrogens with zero attached hydrogens (tertiary/aromatic N) is 2. The molecule has 5 nitrogen and oxygen atoms in total. The topological polar surface area (TPSA) is 52.7 Å². The van der Waals surface area contributed by atoms with Crippen molar-refractivity contribution < 1.29 is 27.2 Å². The second kappa shape index (κ2) is 8.66. The first-order valence-corrected chi connectivity index (χ1v) is 11.7. The van der Waals surface area contributed by atoms with Crippen molar-refractivity contribution in [1.29, 1.82) is 0 Å². The molecule has 3 aromatic rings. The lowest BCUT2D eigenvalue weighted by Crippen LogP contribution is -2.62. The summed E-state index contributed by atoms with van der Waals surface area (Å²) in [7, 11) is 0. The van der Waals surface area contributed by atoms with Crippen LogP contribution in [0.2, 0.25) is 0 Å². The van der Waals surface area contributed by atoms with Gasteiger partial charge in [0, 0.05) is 53.9 Å². The summed E-state index contributed by atoms with van der Waals surface area (Å²) >= 11 is 0.745. The average molecular weight is 492 g/mol. The summed E-state index contributed by atoms with van der Waals surface area (Å²) in [6, 6.07) is 12.0. The Kier molecular flexibility index (Phi) is 5.81. The van der Waals surface area contributed by atoms with Crippen LogP contribution in [0.1, 0.15) is 32.0 Å². The Hall–Kier alpha value is -2.98. The molecule has 178 valence electrons. The number of alkyl halides is 3. The van der Waals surface area contributed by atoms with Crippen molar-refractivity contribution in [3.05, 3.63) is 70.4 Å². The quantitative estimate of drug-likeness (QED) is 0.551. The van der Waals surface area contributed by atoms with Crippen LogP contribution in [0.25, 0.3) is 10.1 Å². The SMILES string of the molecule is O=C(c1ccccc1)N1CC[C@H](NC2CN(C(=O)c3sc4cc(C(F)(F)F)ccc4c3F)C2)C1. The van der Waals surface area contributed by atoms with Gasteiger partial charge in [-0.1, -0.05) is 18.2 Å². The largest absolute Gasteiger partial charge is 0.416 e. The summed E-state index contributed by atoms with van der Waals surface area (Å²) in [4.78, 5) is 28.5. The predicted molar refractivity (Wildman–Crippen MR) is 120 cm³/mol. The highest BCUT2D eigenvalue weighted by Crippen LogP contribution is 2.37. The Balaban J connectivity index is 1.17. The number of benzene rings is 2. The van der Waals surface area contributed by atoms with Gasteiger partial charge in [-0.15, -0.1) is 11.3 Å². The number of rotatable bonds is 4. The molecule has 2 aromatic carbocycles. The number of hydrogen-bond donors (Lipinski definition) is 1. The zero-order valence-electron chi connectivity index (χ0n) is 17.9. The minimum Gasteiger partial charge on any atom is -0.337 e. The van der Waals surface area contributed by atoms with Gasteiger partial charge in [-0.05, 0) is 36.8 Å². The number of amides is 2. The predicted octanol–water partition coefficient (Wildman–Crippen LogP) is 4.39. The second-order valence-electron chi connectivity index (χ2n) is 8.63. The first-order chi connectivity index (χ1) is 16.2. The van der Waals surface area contributed by atoms with E-state index in [0.29, 0.717) is 31.7 Å². The highest BCUT2D eigenvalue weighted by atomic mass is 32.1. The van der Waals surface area contributed by atoms with Gasteiger partial charge in [-0.3, -0.25) is 9.59 Å². The number of hydrogen-bond acceptors (Lipinski definition) is 4. The lowest BCUT2D eigenvalue weighted by Gasteiger charge is -2.40. The third-order valence-corrected chi connectivity index (χ3v) is 7.40. The summed E-state index contributed by atoms with van der Waals surface area (Å²) in [5, 5.41) is 3.47. The van der Waals surface area contributed by atoms with Gasteiger partial charge in [0.2, 0.25) is 0 Å². The van der Waals surface area contributed by atoms with E-state index in [1.807, 2.05) is 18.2 Å². The van der Waals surface area contributed by atoms with Crippen LogP contribution in [0.15, 0.2) is 48.5 Å². The monoisotopic (exact) mass is 491 g/mol. The van der Waals surface area contributed by atoms with Gasteiger partial charge in [0.1, 0.15) is 4.88 Å². The Morgan fingerprint density at radius 2 is 1.65 bits per heavy atom. The first-order valence-electron chi connectivity index (χ1n) is 10.9. The van der Waals surface area contributed by atoms with E-state index in [1.165, 1.54) is 4.90 Å². The highest BCUT2D eigenvalue weighted by Gasteiger charge is 2.37. The van der Waals surface area contributed by atoms with Crippen molar-refractivity contribution >= 4 is 33.2 Å². The molecule has 0 unspecified atom stereocenters. The molecule has 2 amide bonds. The maximum atomic E-state index is 14.7. The number of halogens is 4. The van der Waals surface area contributed by atoms with Crippen LogP contribution in [0.5, 0.6) is 0 Å². The molecule has 10 heteroatoms. The number of fused-ring (bicyclic) bond motifs is 1. The van der Waals surface area contributed by atoms with Crippen LogP contribution in [-0.4, -0.2) is 59.9 Å². The van der Waals surface area contributed by atoms with Crippen LogP contribution in [0.4, 0.5) is 17.6 Å². The molecule has 0 saturated carbocycles. The summed E-state index contributed by atoms with van der Waals surface area (Å²) < 4.78 is 53.7. The molecule has 3 heterocycles. The summed E-state index contributed by atoms with van der Waals surface area (Å²) in [6.45, 7) is 1.98. The van der Waals surface area contributed by atoms with Gasteiger partial charge in [0.05, 0.1) is 5.56 Å². The van der Waals surface area contributed by atoms with Crippen LogP contribution >= 0.6 is 11.3 Å². The standard InChI is InChI=1S/C24H21F4N3O2S/c25-20-18-7-6-15(24(26,27)28)10-19(18)34-21(20)23(33)31-12-17(13-31)29-16-8-9-30(11-16)22(32)14-4-2-1-3-5-14/h1-7,10,16-17,29H,8-9,11-13H2/t16-/m0/s1. The zero-order valence-corrected chi connectivity index (χ0v) is 18.8. The summed E-state index contributed by atoms with van der Waals surface area (Å²) in [5.41, 5.74) is -0.221. The Bertz CT molecular complexity index is 1240. The van der Waals surface area contributed by atoms with Gasteiger partial charge in [-0.2, -0.15) is 13.2 Å². The number of thiophene rings is 1. The van der Waals surface area contributed by atoms with Crippen molar-refractivity contribution in [3.63, 3.8) is 0 Å². The van der Waals surface area contributed by atoms with Crippen molar-refractivity contribution in [3.8, 4) is 0 Å². The average Bonchev–Trinajstić information content (AvgIpc) is 3.39. The minimum atomic E-state index is -4.53. The van der Waals surface area contributed by atoms with Gasteiger partial charge in [0.15, 0.2) is 5.82 Å². The van der Waals surface area contributed by atoms with Gasteiger partial charge < -0.3 is 15.1 Å². The molecule has 5 rings (SSSR count). The second-order valence-corrected chi connectivity index (χ2v) is 9.68. The van der Waals surface area contributed by atoms with Crippen molar-refractivity contribution in [2.45, 2.75) is 24.7 Å². The lowest BCUT2D eigenvalue weighted by molar-refractivity contribution is -0.137.